The molecule has 1 heteroatoms. The van der Waals surface area contributed by atoms with Gasteiger partial charge in [0.15, 0.2) is 0 Å². The average Bonchev–Trinajstić information content (AvgIpc) is 2.05. The highest BCUT2D eigenvalue weighted by Gasteiger charge is 2.16. The summed E-state index contributed by atoms with van der Waals surface area (Å²) in [6.45, 7) is 5.95. The van der Waals surface area contributed by atoms with Crippen LogP contribution in [-0.4, -0.2) is 5.11 Å². The van der Waals surface area contributed by atoms with E-state index in [9.17, 15) is 0 Å². The van der Waals surface area contributed by atoms with E-state index in [0.717, 1.165) is 18.4 Å². The molecule has 0 amide bonds. The van der Waals surface area contributed by atoms with Crippen LogP contribution in [0.3, 0.4) is 0 Å². The maximum Gasteiger partial charge on any atom is 0.0783 e. The molecule has 11 heavy (non-hydrogen) atoms. The lowest BCUT2D eigenvalue weighted by atomic mass is 9.83. The Kier molecular flexibility index (Phi) is 2.75. The predicted octanol–water partition coefficient (Wildman–Crippen LogP) is 3.19. The minimum Gasteiger partial charge on any atom is -0.516 e. The fourth-order valence-corrected chi connectivity index (χ4v) is 1.59. The summed E-state index contributed by atoms with van der Waals surface area (Å²) < 4.78 is 0. The van der Waals surface area contributed by atoms with Crippen LogP contribution in [0.4, 0.5) is 0 Å². The van der Waals surface area contributed by atoms with Gasteiger partial charge in [-0.25, -0.2) is 0 Å². The van der Waals surface area contributed by atoms with Crippen molar-refractivity contribution in [2.45, 2.75) is 32.6 Å². The Morgan fingerprint density at radius 2 is 2.09 bits per heavy atom. The van der Waals surface area contributed by atoms with E-state index in [1.165, 1.54) is 24.7 Å². The van der Waals surface area contributed by atoms with Crippen molar-refractivity contribution in [3.63, 3.8) is 0 Å². The highest BCUT2D eigenvalue weighted by molar-refractivity contribution is 5.07. The Hall–Kier alpha value is -0.720. The first-order valence-electron chi connectivity index (χ1n) is 4.21. The number of hydrogen-bond acceptors (Lipinski definition) is 1. The topological polar surface area (TPSA) is 20.2 Å². The van der Waals surface area contributed by atoms with Gasteiger partial charge in [0, 0.05) is 0 Å². The van der Waals surface area contributed by atoms with Crippen molar-refractivity contribution in [2.24, 2.45) is 5.92 Å². The van der Waals surface area contributed by atoms with Crippen LogP contribution in [0.1, 0.15) is 32.6 Å². The number of rotatable bonds is 1. The molecule has 0 saturated heterocycles. The summed E-state index contributed by atoms with van der Waals surface area (Å²) in [6, 6.07) is 0. The molecule has 0 atom stereocenters. The van der Waals surface area contributed by atoms with Crippen LogP contribution < -0.4 is 0 Å². The van der Waals surface area contributed by atoms with Gasteiger partial charge in [-0.15, -0.1) is 0 Å². The molecule has 1 rings (SSSR count). The Morgan fingerprint density at radius 1 is 1.55 bits per heavy atom. The van der Waals surface area contributed by atoms with Crippen molar-refractivity contribution < 1.29 is 5.11 Å². The summed E-state index contributed by atoms with van der Waals surface area (Å²) in [6.07, 6.45) is 5.86. The molecule has 1 saturated carbocycles. The predicted molar refractivity (Wildman–Crippen MR) is 47.5 cm³/mol. The van der Waals surface area contributed by atoms with Crippen molar-refractivity contribution in [1.29, 1.82) is 0 Å². The molecule has 1 aliphatic carbocycles. The van der Waals surface area contributed by atoms with Crippen molar-refractivity contribution in [3.8, 4) is 0 Å². The van der Waals surface area contributed by atoms with E-state index in [-0.39, 0.29) is 0 Å². The molecular formula is C10H16O. The van der Waals surface area contributed by atoms with Crippen LogP contribution in [-0.2, 0) is 0 Å². The zero-order valence-electron chi connectivity index (χ0n) is 7.14. The summed E-state index contributed by atoms with van der Waals surface area (Å²) in [5, 5.41) is 8.77. The second kappa shape index (κ2) is 3.61. The van der Waals surface area contributed by atoms with Gasteiger partial charge in [0.05, 0.1) is 6.26 Å². The van der Waals surface area contributed by atoms with Gasteiger partial charge < -0.3 is 5.11 Å². The summed E-state index contributed by atoms with van der Waals surface area (Å²) in [5.41, 5.74) is 2.49. The molecular weight excluding hydrogens is 136 g/mol. The number of allylic oxidation sites excluding steroid dienone is 2. The minimum absolute atomic E-state index is 0.602. The summed E-state index contributed by atoms with van der Waals surface area (Å²) in [5.74, 6) is 0.602. The maximum atomic E-state index is 8.77. The third-order valence-electron chi connectivity index (χ3n) is 2.54. The van der Waals surface area contributed by atoms with Crippen LogP contribution in [0.25, 0.3) is 0 Å². The molecule has 62 valence electrons. The fraction of sp³-hybridized carbons (Fsp3) is 0.600. The number of hydrogen-bond donors (Lipinski definition) is 1. The third kappa shape index (κ3) is 2.11. The average molecular weight is 152 g/mol. The summed E-state index contributed by atoms with van der Waals surface area (Å²) >= 11 is 0. The molecule has 0 aromatic carbocycles. The van der Waals surface area contributed by atoms with Crippen LogP contribution in [0, 0.1) is 5.92 Å². The van der Waals surface area contributed by atoms with Crippen molar-refractivity contribution in [2.75, 3.05) is 0 Å². The number of aliphatic hydroxyl groups excluding tert-OH is 1. The second-order valence-corrected chi connectivity index (χ2v) is 3.40. The van der Waals surface area contributed by atoms with Crippen molar-refractivity contribution in [1.82, 2.24) is 0 Å². The summed E-state index contributed by atoms with van der Waals surface area (Å²) in [4.78, 5) is 0. The molecule has 1 fully saturated rings. The Morgan fingerprint density at radius 3 is 2.55 bits per heavy atom. The molecule has 1 aliphatic rings. The molecule has 0 bridgehead atoms. The molecule has 0 aromatic heterocycles. The molecule has 0 unspecified atom stereocenters. The molecule has 1 N–H and O–H groups in total. The lowest BCUT2D eigenvalue weighted by Crippen LogP contribution is -2.08. The second-order valence-electron chi connectivity index (χ2n) is 3.40. The third-order valence-corrected chi connectivity index (χ3v) is 2.54. The van der Waals surface area contributed by atoms with Crippen LogP contribution in [0.5, 0.6) is 0 Å². The quantitative estimate of drug-likeness (QED) is 0.452. The largest absolute Gasteiger partial charge is 0.516 e. The summed E-state index contributed by atoms with van der Waals surface area (Å²) in [7, 11) is 0. The van der Waals surface area contributed by atoms with Crippen LogP contribution in [0.15, 0.2) is 24.0 Å². The minimum atomic E-state index is 0.602. The van der Waals surface area contributed by atoms with Gasteiger partial charge in [0.25, 0.3) is 0 Å². The molecule has 0 aromatic rings. The van der Waals surface area contributed by atoms with Gasteiger partial charge in [-0.2, -0.15) is 0 Å². The lowest BCUT2D eigenvalue weighted by Gasteiger charge is -2.23. The highest BCUT2D eigenvalue weighted by atomic mass is 16.2. The highest BCUT2D eigenvalue weighted by Crippen LogP contribution is 2.31. The van der Waals surface area contributed by atoms with Gasteiger partial charge in [-0.3, -0.25) is 0 Å². The van der Waals surface area contributed by atoms with E-state index in [1.807, 2.05) is 6.92 Å². The standard InChI is InChI=1S/C10H16O/c1-8-3-5-10(6-4-8)9(2)7-11/h7,10-11H,1,3-6H2,2H3. The number of aliphatic hydroxyl groups is 1. The maximum absolute atomic E-state index is 8.77. The normalized spacial score (nSPS) is 22.3. The van der Waals surface area contributed by atoms with Gasteiger partial charge in [0.1, 0.15) is 0 Å². The van der Waals surface area contributed by atoms with E-state index in [1.54, 1.807) is 0 Å². The smallest absolute Gasteiger partial charge is 0.0783 e. The zero-order chi connectivity index (χ0) is 8.27. The first-order chi connectivity index (χ1) is 5.24. The Labute approximate surface area is 68.4 Å². The van der Waals surface area contributed by atoms with Crippen molar-refractivity contribution >= 4 is 0 Å². The fourth-order valence-electron chi connectivity index (χ4n) is 1.59. The van der Waals surface area contributed by atoms with E-state index in [4.69, 9.17) is 5.11 Å². The van der Waals surface area contributed by atoms with Gasteiger partial charge in [-0.05, 0) is 44.1 Å². The van der Waals surface area contributed by atoms with Gasteiger partial charge >= 0.3 is 0 Å². The lowest BCUT2D eigenvalue weighted by molar-refractivity contribution is 0.420. The zero-order valence-corrected chi connectivity index (χ0v) is 7.14. The van der Waals surface area contributed by atoms with Gasteiger partial charge in [0.2, 0.25) is 0 Å². The van der Waals surface area contributed by atoms with E-state index in [2.05, 4.69) is 6.58 Å². The monoisotopic (exact) mass is 152 g/mol. The molecule has 0 spiro atoms. The first kappa shape index (κ1) is 8.38. The van der Waals surface area contributed by atoms with Crippen LogP contribution >= 0.6 is 0 Å². The molecule has 1 nitrogen and oxygen atoms in total. The molecule has 0 radical (unpaired) electrons. The van der Waals surface area contributed by atoms with E-state index < -0.39 is 0 Å². The van der Waals surface area contributed by atoms with E-state index in [0.29, 0.717) is 5.92 Å². The molecule has 0 heterocycles. The molecule has 0 aliphatic heterocycles. The van der Waals surface area contributed by atoms with E-state index >= 15 is 0 Å². The first-order valence-corrected chi connectivity index (χ1v) is 4.21. The van der Waals surface area contributed by atoms with Crippen molar-refractivity contribution in [3.05, 3.63) is 24.0 Å². The van der Waals surface area contributed by atoms with Crippen LogP contribution in [0.2, 0.25) is 0 Å². The Balaban J connectivity index is 2.45. The van der Waals surface area contributed by atoms with Gasteiger partial charge in [-0.1, -0.05) is 12.2 Å². The SMILES string of the molecule is C=C1CCC(C(C)=CO)CC1. The Bertz CT molecular complexity index is 169.